The quantitative estimate of drug-likeness (QED) is 0.293. The highest BCUT2D eigenvalue weighted by Crippen LogP contribution is 2.21. The number of nitrogens with zero attached hydrogens (tertiary/aromatic N) is 2. The summed E-state index contributed by atoms with van der Waals surface area (Å²) in [5.41, 5.74) is -0.114. The number of nitro groups is 1. The van der Waals surface area contributed by atoms with E-state index in [1.807, 2.05) is 0 Å². The summed E-state index contributed by atoms with van der Waals surface area (Å²) in [6.45, 7) is 0.396. The number of carbonyl (C=O) groups is 2. The lowest BCUT2D eigenvalue weighted by Crippen LogP contribution is -2.27. The predicted octanol–water partition coefficient (Wildman–Crippen LogP) is 2.42. The van der Waals surface area contributed by atoms with Gasteiger partial charge >= 0.3 is 5.97 Å². The molecule has 0 aromatic heterocycles. The molecule has 0 unspecified atom stereocenters. The van der Waals surface area contributed by atoms with Crippen LogP contribution in [0.1, 0.15) is 33.6 Å². The van der Waals surface area contributed by atoms with Gasteiger partial charge in [0.15, 0.2) is 12.4 Å². The zero-order valence-corrected chi connectivity index (χ0v) is 16.1. The van der Waals surface area contributed by atoms with Gasteiger partial charge in [-0.25, -0.2) is 13.2 Å². The fourth-order valence-electron chi connectivity index (χ4n) is 2.93. The molecule has 152 valence electrons. The van der Waals surface area contributed by atoms with E-state index in [0.717, 1.165) is 18.9 Å². The number of benzene rings is 2. The number of hydrogen-bond donors (Lipinski definition) is 0. The van der Waals surface area contributed by atoms with Crippen LogP contribution in [-0.4, -0.2) is 49.1 Å². The second kappa shape index (κ2) is 8.50. The topological polar surface area (TPSA) is 124 Å². The number of non-ortho nitro benzene ring substituents is 1. The van der Waals surface area contributed by atoms with Gasteiger partial charge in [-0.1, -0.05) is 6.07 Å². The van der Waals surface area contributed by atoms with Crippen molar-refractivity contribution in [2.45, 2.75) is 17.7 Å². The van der Waals surface area contributed by atoms with Crippen molar-refractivity contribution in [3.05, 3.63) is 69.8 Å². The number of sulfonamides is 1. The first-order valence-corrected chi connectivity index (χ1v) is 10.3. The molecule has 0 N–H and O–H groups in total. The highest BCUT2D eigenvalue weighted by Gasteiger charge is 2.27. The van der Waals surface area contributed by atoms with Crippen molar-refractivity contribution in [1.82, 2.24) is 4.31 Å². The zero-order valence-electron chi connectivity index (χ0n) is 15.3. The Bertz CT molecular complexity index is 1040. The van der Waals surface area contributed by atoms with Gasteiger partial charge < -0.3 is 4.74 Å². The van der Waals surface area contributed by atoms with Gasteiger partial charge in [-0.3, -0.25) is 14.9 Å². The average Bonchev–Trinajstić information content (AvgIpc) is 3.27. The summed E-state index contributed by atoms with van der Waals surface area (Å²) in [7, 11) is -3.57. The van der Waals surface area contributed by atoms with Crippen molar-refractivity contribution in [3.8, 4) is 0 Å². The Kier molecular flexibility index (Phi) is 6.04. The molecule has 29 heavy (non-hydrogen) atoms. The monoisotopic (exact) mass is 418 g/mol. The van der Waals surface area contributed by atoms with Gasteiger partial charge in [0.2, 0.25) is 10.0 Å². The van der Waals surface area contributed by atoms with Crippen LogP contribution in [0.2, 0.25) is 0 Å². The van der Waals surface area contributed by atoms with Crippen molar-refractivity contribution in [2.24, 2.45) is 0 Å². The maximum Gasteiger partial charge on any atom is 0.338 e. The minimum Gasteiger partial charge on any atom is -0.454 e. The molecule has 1 saturated heterocycles. The number of Topliss-reactive ketones (excluding diaryl/α,β-unsaturated/α-hetero) is 1. The minimum atomic E-state index is -3.57. The molecule has 0 spiro atoms. The first-order chi connectivity index (χ1) is 13.8. The Morgan fingerprint density at radius 1 is 1.03 bits per heavy atom. The van der Waals surface area contributed by atoms with E-state index in [-0.39, 0.29) is 21.7 Å². The van der Waals surface area contributed by atoms with Crippen LogP contribution < -0.4 is 0 Å². The van der Waals surface area contributed by atoms with Gasteiger partial charge in [-0.05, 0) is 43.2 Å². The van der Waals surface area contributed by atoms with E-state index < -0.39 is 33.3 Å². The van der Waals surface area contributed by atoms with Crippen LogP contribution in [0, 0.1) is 10.1 Å². The van der Waals surface area contributed by atoms with Crippen molar-refractivity contribution in [3.63, 3.8) is 0 Å². The Labute approximate surface area is 167 Å². The normalized spacial score (nSPS) is 14.5. The van der Waals surface area contributed by atoms with Crippen molar-refractivity contribution < 1.29 is 27.7 Å². The zero-order chi connectivity index (χ0) is 21.0. The van der Waals surface area contributed by atoms with Gasteiger partial charge in [0.25, 0.3) is 5.69 Å². The van der Waals surface area contributed by atoms with Crippen LogP contribution in [0.4, 0.5) is 5.69 Å². The third kappa shape index (κ3) is 4.66. The van der Waals surface area contributed by atoms with E-state index in [0.29, 0.717) is 13.1 Å². The lowest BCUT2D eigenvalue weighted by Gasteiger charge is -2.15. The van der Waals surface area contributed by atoms with Gasteiger partial charge in [-0.2, -0.15) is 4.31 Å². The standard InChI is InChI=1S/C19H18N2O7S/c22-18(13-28-19(23)15-4-3-5-16(12-15)21(24)25)14-6-8-17(9-7-14)29(26,27)20-10-1-2-11-20/h3-9,12H,1-2,10-11,13H2. The molecule has 0 saturated carbocycles. The Morgan fingerprint density at radius 3 is 2.31 bits per heavy atom. The second-order valence-electron chi connectivity index (χ2n) is 6.44. The molecule has 1 heterocycles. The maximum absolute atomic E-state index is 12.5. The van der Waals surface area contributed by atoms with Crippen LogP contribution >= 0.6 is 0 Å². The molecule has 0 bridgehead atoms. The molecule has 0 radical (unpaired) electrons. The smallest absolute Gasteiger partial charge is 0.338 e. The molecule has 10 heteroatoms. The summed E-state index contributed by atoms with van der Waals surface area (Å²) in [6, 6.07) is 10.4. The van der Waals surface area contributed by atoms with E-state index >= 15 is 0 Å². The van der Waals surface area contributed by atoms with Crippen molar-refractivity contribution in [2.75, 3.05) is 19.7 Å². The molecule has 1 aliphatic heterocycles. The number of nitro benzene ring substituents is 1. The molecule has 1 aliphatic rings. The van der Waals surface area contributed by atoms with E-state index in [2.05, 4.69) is 0 Å². The molecule has 0 amide bonds. The van der Waals surface area contributed by atoms with E-state index in [1.165, 1.54) is 46.8 Å². The first-order valence-electron chi connectivity index (χ1n) is 8.84. The van der Waals surface area contributed by atoms with E-state index in [1.54, 1.807) is 0 Å². The number of hydrogen-bond acceptors (Lipinski definition) is 7. The van der Waals surface area contributed by atoms with Crippen LogP contribution in [0.3, 0.4) is 0 Å². The van der Waals surface area contributed by atoms with Crippen LogP contribution in [-0.2, 0) is 14.8 Å². The van der Waals surface area contributed by atoms with Crippen molar-refractivity contribution in [1.29, 1.82) is 0 Å². The summed E-state index contributed by atoms with van der Waals surface area (Å²) in [6.07, 6.45) is 1.65. The summed E-state index contributed by atoms with van der Waals surface area (Å²) in [4.78, 5) is 34.5. The van der Waals surface area contributed by atoms with Gasteiger partial charge in [0, 0.05) is 30.8 Å². The first kappa shape index (κ1) is 20.6. The summed E-state index contributed by atoms with van der Waals surface area (Å²) in [5, 5.41) is 10.8. The highest BCUT2D eigenvalue weighted by atomic mass is 32.2. The van der Waals surface area contributed by atoms with Crippen molar-refractivity contribution >= 4 is 27.5 Å². The fourth-order valence-corrected chi connectivity index (χ4v) is 4.45. The number of carbonyl (C=O) groups excluding carboxylic acids is 2. The van der Waals surface area contributed by atoms with E-state index in [4.69, 9.17) is 4.74 Å². The largest absolute Gasteiger partial charge is 0.454 e. The fraction of sp³-hybridized carbons (Fsp3) is 0.263. The Hall–Kier alpha value is -3.11. The third-order valence-corrected chi connectivity index (χ3v) is 6.42. The molecule has 2 aromatic rings. The van der Waals surface area contributed by atoms with E-state index in [9.17, 15) is 28.1 Å². The highest BCUT2D eigenvalue weighted by molar-refractivity contribution is 7.89. The molecule has 1 fully saturated rings. The van der Waals surface area contributed by atoms with Gasteiger partial charge in [0.1, 0.15) is 0 Å². The maximum atomic E-state index is 12.5. The molecule has 0 aliphatic carbocycles. The average molecular weight is 418 g/mol. The Morgan fingerprint density at radius 2 is 1.69 bits per heavy atom. The number of ketones is 1. The summed E-state index contributed by atoms with van der Waals surface area (Å²) >= 11 is 0. The minimum absolute atomic E-state index is 0.0425. The van der Waals surface area contributed by atoms with Crippen LogP contribution in [0.5, 0.6) is 0 Å². The molecule has 9 nitrogen and oxygen atoms in total. The van der Waals surface area contributed by atoms with Gasteiger partial charge in [-0.15, -0.1) is 0 Å². The van der Waals surface area contributed by atoms with Crippen LogP contribution in [0.15, 0.2) is 53.4 Å². The molecule has 3 rings (SSSR count). The lowest BCUT2D eigenvalue weighted by atomic mass is 10.1. The second-order valence-corrected chi connectivity index (χ2v) is 8.38. The molecule has 2 aromatic carbocycles. The number of esters is 1. The Balaban J connectivity index is 1.63. The predicted molar refractivity (Wildman–Crippen MR) is 102 cm³/mol. The lowest BCUT2D eigenvalue weighted by molar-refractivity contribution is -0.384. The number of rotatable bonds is 7. The SMILES string of the molecule is O=C(COC(=O)c1cccc([N+](=O)[O-])c1)c1ccc(S(=O)(=O)N2CCCC2)cc1. The summed E-state index contributed by atoms with van der Waals surface area (Å²) < 4.78 is 31.3. The number of ether oxygens (including phenoxy) is 1. The third-order valence-electron chi connectivity index (χ3n) is 4.51. The molecular formula is C19H18N2O7S. The molecule has 0 atom stereocenters. The van der Waals surface area contributed by atoms with Crippen LogP contribution in [0.25, 0.3) is 0 Å². The van der Waals surface area contributed by atoms with Gasteiger partial charge in [0.05, 0.1) is 15.4 Å². The summed E-state index contributed by atoms with van der Waals surface area (Å²) in [5.74, 6) is -1.39. The molecular weight excluding hydrogens is 400 g/mol.